The highest BCUT2D eigenvalue weighted by atomic mass is 32.2. The number of rotatable bonds is 5. The smallest absolute Gasteiger partial charge is 0.307 e. The summed E-state index contributed by atoms with van der Waals surface area (Å²) in [5, 5.41) is 11.0. The number of hydrogen-bond donors (Lipinski definition) is 0. The summed E-state index contributed by atoms with van der Waals surface area (Å²) in [6, 6.07) is 5.11. The number of morpholine rings is 1. The van der Waals surface area contributed by atoms with Crippen LogP contribution in [0.3, 0.4) is 0 Å². The van der Waals surface area contributed by atoms with Crippen LogP contribution in [-0.4, -0.2) is 49.6 Å². The van der Waals surface area contributed by atoms with Crippen LogP contribution in [0.5, 0.6) is 0 Å². The lowest BCUT2D eigenvalue weighted by Crippen LogP contribution is -2.47. The van der Waals surface area contributed by atoms with Crippen LogP contribution in [0.1, 0.15) is 13.3 Å². The molecule has 0 N–H and O–H groups in total. The summed E-state index contributed by atoms with van der Waals surface area (Å²) in [7, 11) is -4.09. The summed E-state index contributed by atoms with van der Waals surface area (Å²) in [5.41, 5.74) is -0.499. The molecule has 0 saturated carbocycles. The Balaban J connectivity index is 2.26. The molecule has 0 aromatic heterocycles. The minimum absolute atomic E-state index is 0.0224. The van der Waals surface area contributed by atoms with E-state index < -0.39 is 37.8 Å². The van der Waals surface area contributed by atoms with Gasteiger partial charge < -0.3 is 9.47 Å². The van der Waals surface area contributed by atoms with Crippen LogP contribution in [0.15, 0.2) is 29.2 Å². The third kappa shape index (κ3) is 3.84. The van der Waals surface area contributed by atoms with Gasteiger partial charge in [-0.25, -0.2) is 8.42 Å². The molecule has 1 unspecified atom stereocenters. The van der Waals surface area contributed by atoms with Gasteiger partial charge in [-0.15, -0.1) is 0 Å². The lowest BCUT2D eigenvalue weighted by atomic mass is 10.3. The number of nitro benzene ring substituents is 1. The Labute approximate surface area is 133 Å². The van der Waals surface area contributed by atoms with Crippen molar-refractivity contribution in [2.24, 2.45) is 0 Å². The first kappa shape index (κ1) is 17.3. The Morgan fingerprint density at radius 1 is 1.48 bits per heavy atom. The topological polar surface area (TPSA) is 116 Å². The van der Waals surface area contributed by atoms with Crippen molar-refractivity contribution in [2.45, 2.75) is 24.5 Å². The van der Waals surface area contributed by atoms with Crippen molar-refractivity contribution >= 4 is 21.7 Å². The molecule has 1 aliphatic rings. The lowest BCUT2D eigenvalue weighted by molar-refractivity contribution is -0.387. The highest BCUT2D eigenvalue weighted by molar-refractivity contribution is 7.89. The zero-order chi connectivity index (χ0) is 17.0. The van der Waals surface area contributed by atoms with E-state index in [1.807, 2.05) is 0 Å². The van der Waals surface area contributed by atoms with Crippen LogP contribution in [-0.2, 0) is 24.3 Å². The third-order valence-corrected chi connectivity index (χ3v) is 5.14. The number of hydrogen-bond acceptors (Lipinski definition) is 7. The lowest BCUT2D eigenvalue weighted by Gasteiger charge is -2.31. The van der Waals surface area contributed by atoms with E-state index in [2.05, 4.69) is 0 Å². The van der Waals surface area contributed by atoms with E-state index in [1.54, 1.807) is 6.92 Å². The summed E-state index contributed by atoms with van der Waals surface area (Å²) < 4.78 is 36.5. The fraction of sp³-hybridized carbons (Fsp3) is 0.462. The number of sulfonamides is 1. The van der Waals surface area contributed by atoms with E-state index in [1.165, 1.54) is 18.2 Å². The second-order valence-corrected chi connectivity index (χ2v) is 6.64. The van der Waals surface area contributed by atoms with Gasteiger partial charge in [0.25, 0.3) is 5.69 Å². The number of esters is 1. The van der Waals surface area contributed by atoms with Gasteiger partial charge in [0, 0.05) is 19.0 Å². The number of nitro groups is 1. The van der Waals surface area contributed by atoms with Crippen molar-refractivity contribution in [1.82, 2.24) is 4.31 Å². The minimum atomic E-state index is -4.09. The van der Waals surface area contributed by atoms with Crippen LogP contribution in [0.2, 0.25) is 0 Å². The van der Waals surface area contributed by atoms with Crippen molar-refractivity contribution < 1.29 is 27.6 Å². The fourth-order valence-corrected chi connectivity index (χ4v) is 3.65. The molecule has 9 nitrogen and oxygen atoms in total. The molecule has 0 bridgehead atoms. The second-order valence-electron chi connectivity index (χ2n) is 4.73. The van der Waals surface area contributed by atoms with Crippen LogP contribution < -0.4 is 0 Å². The molecule has 1 saturated heterocycles. The molecule has 126 valence electrons. The zero-order valence-corrected chi connectivity index (χ0v) is 13.2. The molecular weight excluding hydrogens is 328 g/mol. The van der Waals surface area contributed by atoms with E-state index >= 15 is 0 Å². The normalized spacial score (nSPS) is 19.3. The number of benzene rings is 1. The summed E-state index contributed by atoms with van der Waals surface area (Å²) in [4.78, 5) is 21.2. The molecule has 2 rings (SSSR count). The first-order valence-corrected chi connectivity index (χ1v) is 8.35. The summed E-state index contributed by atoms with van der Waals surface area (Å²) in [6.07, 6.45) is -0.884. The number of para-hydroxylation sites is 1. The van der Waals surface area contributed by atoms with Gasteiger partial charge in [-0.05, 0) is 6.07 Å². The molecule has 1 atom stereocenters. The van der Waals surface area contributed by atoms with Crippen molar-refractivity contribution in [2.75, 3.05) is 19.7 Å². The third-order valence-electron chi connectivity index (χ3n) is 3.23. The van der Waals surface area contributed by atoms with Crippen molar-refractivity contribution in [3.8, 4) is 0 Å². The molecule has 1 fully saturated rings. The van der Waals surface area contributed by atoms with Gasteiger partial charge in [0.15, 0.2) is 4.90 Å². The molecule has 0 amide bonds. The maximum Gasteiger partial charge on any atom is 0.307 e. The minimum Gasteiger partial charge on any atom is -0.434 e. The van der Waals surface area contributed by atoms with E-state index in [4.69, 9.17) is 9.47 Å². The maximum absolute atomic E-state index is 12.6. The van der Waals surface area contributed by atoms with Gasteiger partial charge in [-0.1, -0.05) is 19.1 Å². The quantitative estimate of drug-likeness (QED) is 0.442. The summed E-state index contributed by atoms with van der Waals surface area (Å²) in [6.45, 7) is 1.45. The molecule has 0 spiro atoms. The predicted molar refractivity (Wildman–Crippen MR) is 78.0 cm³/mol. The van der Waals surface area contributed by atoms with E-state index in [0.717, 1.165) is 10.4 Å². The zero-order valence-electron chi connectivity index (χ0n) is 12.4. The molecule has 0 radical (unpaired) electrons. The number of carbonyl (C=O) groups is 1. The van der Waals surface area contributed by atoms with Gasteiger partial charge in [0.05, 0.1) is 18.1 Å². The van der Waals surface area contributed by atoms with Gasteiger partial charge in [0.2, 0.25) is 16.3 Å². The van der Waals surface area contributed by atoms with Gasteiger partial charge >= 0.3 is 5.97 Å². The Hall–Kier alpha value is -2.04. The maximum atomic E-state index is 12.6. The molecule has 10 heteroatoms. The molecule has 1 aromatic rings. The Morgan fingerprint density at radius 2 is 2.17 bits per heavy atom. The Morgan fingerprint density at radius 3 is 2.83 bits per heavy atom. The van der Waals surface area contributed by atoms with Crippen molar-refractivity contribution in [3.63, 3.8) is 0 Å². The first-order chi connectivity index (χ1) is 10.9. The highest BCUT2D eigenvalue weighted by Gasteiger charge is 2.36. The number of carbonyl (C=O) groups excluding carboxylic acids is 1. The van der Waals surface area contributed by atoms with Crippen LogP contribution in [0.25, 0.3) is 0 Å². The van der Waals surface area contributed by atoms with Crippen LogP contribution in [0, 0.1) is 10.1 Å². The van der Waals surface area contributed by atoms with E-state index in [0.29, 0.717) is 0 Å². The SMILES string of the molecule is CCC(=O)OC1CN(S(=O)(=O)c2ccccc2[N+](=O)[O-])CCO1. The predicted octanol–water partition coefficient (Wildman–Crippen LogP) is 0.895. The average molecular weight is 344 g/mol. The molecular formula is C13H16N2O7S. The number of nitrogens with zero attached hydrogens (tertiary/aromatic N) is 2. The first-order valence-electron chi connectivity index (χ1n) is 6.91. The molecule has 23 heavy (non-hydrogen) atoms. The van der Waals surface area contributed by atoms with Gasteiger partial charge in [-0.2, -0.15) is 4.31 Å². The van der Waals surface area contributed by atoms with E-state index in [-0.39, 0.29) is 26.1 Å². The molecule has 1 heterocycles. The Kier molecular flexibility index (Phi) is 5.29. The molecule has 1 aliphatic heterocycles. The molecule has 1 aromatic carbocycles. The second kappa shape index (κ2) is 7.02. The summed E-state index contributed by atoms with van der Waals surface area (Å²) in [5.74, 6) is -0.514. The van der Waals surface area contributed by atoms with Crippen molar-refractivity contribution in [3.05, 3.63) is 34.4 Å². The average Bonchev–Trinajstić information content (AvgIpc) is 2.55. The monoisotopic (exact) mass is 344 g/mol. The van der Waals surface area contributed by atoms with Gasteiger partial charge in [0.1, 0.15) is 0 Å². The fourth-order valence-electron chi connectivity index (χ4n) is 2.08. The largest absolute Gasteiger partial charge is 0.434 e. The highest BCUT2D eigenvalue weighted by Crippen LogP contribution is 2.27. The van der Waals surface area contributed by atoms with E-state index in [9.17, 15) is 23.3 Å². The van der Waals surface area contributed by atoms with Crippen LogP contribution in [0.4, 0.5) is 5.69 Å². The molecule has 0 aliphatic carbocycles. The van der Waals surface area contributed by atoms with Crippen molar-refractivity contribution in [1.29, 1.82) is 0 Å². The van der Waals surface area contributed by atoms with Crippen LogP contribution >= 0.6 is 0 Å². The Bertz CT molecular complexity index is 704. The number of ether oxygens (including phenoxy) is 2. The standard InChI is InChI=1S/C13H16N2O7S/c1-2-12(16)22-13-9-14(7-8-21-13)23(19,20)11-6-4-3-5-10(11)15(17)18/h3-6,13H,2,7-9H2,1H3. The summed E-state index contributed by atoms with van der Waals surface area (Å²) >= 11 is 0. The van der Waals surface area contributed by atoms with Gasteiger partial charge in [-0.3, -0.25) is 14.9 Å².